The molecule has 7 nitrogen and oxygen atoms in total. The molecule has 1 atom stereocenters. The van der Waals surface area contributed by atoms with Crippen molar-refractivity contribution in [1.29, 1.82) is 0 Å². The number of aliphatic imine (C=N–C) groups is 1. The normalized spacial score (nSPS) is 21.0. The van der Waals surface area contributed by atoms with Gasteiger partial charge in [0.25, 0.3) is 0 Å². The zero-order valence-corrected chi connectivity index (χ0v) is 16.7. The monoisotopic (exact) mass is 382 g/mol. The number of hydrogen-bond acceptors (Lipinski definition) is 4. The van der Waals surface area contributed by atoms with Crippen LogP contribution < -0.4 is 15.4 Å². The lowest BCUT2D eigenvalue weighted by molar-refractivity contribution is 0.0283. The van der Waals surface area contributed by atoms with Crippen molar-refractivity contribution in [3.63, 3.8) is 0 Å². The quantitative estimate of drug-likeness (QED) is 0.359. The van der Waals surface area contributed by atoms with Crippen molar-refractivity contribution < 1.29 is 13.2 Å². The van der Waals surface area contributed by atoms with Crippen LogP contribution in [-0.4, -0.2) is 52.8 Å². The molecular weight excluding hydrogens is 352 g/mol. The van der Waals surface area contributed by atoms with Gasteiger partial charge in [0.15, 0.2) is 5.96 Å². The number of nitrogens with one attached hydrogen (secondary N) is 3. The van der Waals surface area contributed by atoms with Gasteiger partial charge in [0.1, 0.15) is 0 Å². The lowest BCUT2D eigenvalue weighted by atomic mass is 10.0. The summed E-state index contributed by atoms with van der Waals surface area (Å²) in [4.78, 5) is 4.83. The third-order valence-corrected chi connectivity index (χ3v) is 5.73. The minimum Gasteiger partial charge on any atom is -0.373 e. The fourth-order valence-electron chi connectivity index (χ4n) is 2.72. The second kappa shape index (κ2) is 9.34. The van der Waals surface area contributed by atoms with Gasteiger partial charge in [-0.3, -0.25) is 4.99 Å². The molecule has 1 unspecified atom stereocenters. The van der Waals surface area contributed by atoms with E-state index in [2.05, 4.69) is 27.3 Å². The first-order chi connectivity index (χ1) is 12.3. The van der Waals surface area contributed by atoms with Crippen LogP contribution in [-0.2, 0) is 14.8 Å². The molecule has 0 aliphatic carbocycles. The van der Waals surface area contributed by atoms with Gasteiger partial charge in [-0.15, -0.1) is 0 Å². The maximum absolute atomic E-state index is 12.3. The Morgan fingerprint density at radius 2 is 1.96 bits per heavy atom. The molecule has 0 amide bonds. The van der Waals surface area contributed by atoms with Crippen molar-refractivity contribution >= 4 is 16.0 Å². The fraction of sp³-hybridized carbons (Fsp3) is 0.611. The molecular formula is C18H30N4O3S. The van der Waals surface area contributed by atoms with E-state index >= 15 is 0 Å². The molecule has 146 valence electrons. The highest BCUT2D eigenvalue weighted by atomic mass is 32.2. The highest BCUT2D eigenvalue weighted by Crippen LogP contribution is 2.24. The lowest BCUT2D eigenvalue weighted by Crippen LogP contribution is -2.42. The van der Waals surface area contributed by atoms with Crippen LogP contribution in [0, 0.1) is 6.92 Å². The summed E-state index contributed by atoms with van der Waals surface area (Å²) in [6, 6.07) is 6.79. The van der Waals surface area contributed by atoms with Gasteiger partial charge >= 0.3 is 0 Å². The molecule has 0 saturated carbocycles. The second-order valence-corrected chi connectivity index (χ2v) is 8.50. The third-order valence-electron chi connectivity index (χ3n) is 4.26. The number of ether oxygens (including phenoxy) is 1. The Balaban J connectivity index is 1.82. The molecule has 1 saturated heterocycles. The van der Waals surface area contributed by atoms with Crippen molar-refractivity contribution in [3.8, 4) is 0 Å². The Hall–Kier alpha value is -1.64. The van der Waals surface area contributed by atoms with Crippen molar-refractivity contribution in [2.24, 2.45) is 4.99 Å². The standard InChI is InChI=1S/C18H30N4O3S/c1-4-19-17(21-14-18(3)10-5-13-25-18)20-11-12-22-26(23,24)16-8-6-15(2)7-9-16/h6-9,22H,4-5,10-14H2,1-3H3,(H2,19,20,21). The van der Waals surface area contributed by atoms with E-state index in [1.54, 1.807) is 24.3 Å². The number of rotatable bonds is 8. The fourth-order valence-corrected chi connectivity index (χ4v) is 3.75. The van der Waals surface area contributed by atoms with Crippen LogP contribution in [0.5, 0.6) is 0 Å². The van der Waals surface area contributed by atoms with Gasteiger partial charge in [0, 0.05) is 26.2 Å². The summed E-state index contributed by atoms with van der Waals surface area (Å²) < 4.78 is 32.9. The summed E-state index contributed by atoms with van der Waals surface area (Å²) in [6.45, 7) is 8.80. The van der Waals surface area contributed by atoms with Gasteiger partial charge < -0.3 is 15.4 Å². The average Bonchev–Trinajstić information content (AvgIpc) is 3.04. The van der Waals surface area contributed by atoms with Gasteiger partial charge in [-0.25, -0.2) is 13.1 Å². The number of aryl methyl sites for hydroxylation is 1. The van der Waals surface area contributed by atoms with Crippen LogP contribution >= 0.6 is 0 Å². The summed E-state index contributed by atoms with van der Waals surface area (Å²) in [5.41, 5.74) is 0.826. The molecule has 0 aromatic heterocycles. The van der Waals surface area contributed by atoms with Gasteiger partial charge in [-0.05, 0) is 45.7 Å². The highest BCUT2D eigenvalue weighted by Gasteiger charge is 2.29. The Labute approximate surface area is 156 Å². The smallest absolute Gasteiger partial charge is 0.240 e. The maximum atomic E-state index is 12.3. The van der Waals surface area contributed by atoms with Crippen LogP contribution in [0.3, 0.4) is 0 Å². The number of hydrogen-bond donors (Lipinski definition) is 3. The van der Waals surface area contributed by atoms with Crippen molar-refractivity contribution in [2.45, 2.75) is 44.1 Å². The second-order valence-electron chi connectivity index (χ2n) is 6.73. The number of guanidine groups is 1. The van der Waals surface area contributed by atoms with Crippen LogP contribution in [0.4, 0.5) is 0 Å². The third kappa shape index (κ3) is 6.26. The van der Waals surface area contributed by atoms with E-state index in [1.165, 1.54) is 0 Å². The van der Waals surface area contributed by atoms with E-state index in [1.807, 2.05) is 13.8 Å². The Morgan fingerprint density at radius 3 is 2.58 bits per heavy atom. The van der Waals surface area contributed by atoms with Gasteiger partial charge in [0.2, 0.25) is 10.0 Å². The van der Waals surface area contributed by atoms with Gasteiger partial charge in [-0.2, -0.15) is 0 Å². The zero-order valence-electron chi connectivity index (χ0n) is 15.8. The molecule has 0 radical (unpaired) electrons. The van der Waals surface area contributed by atoms with Crippen LogP contribution in [0.2, 0.25) is 0 Å². The topological polar surface area (TPSA) is 91.8 Å². The maximum Gasteiger partial charge on any atom is 0.240 e. The minimum atomic E-state index is -3.49. The lowest BCUT2D eigenvalue weighted by Gasteiger charge is -2.21. The average molecular weight is 383 g/mol. The van der Waals surface area contributed by atoms with Crippen molar-refractivity contribution in [2.75, 3.05) is 32.8 Å². The van der Waals surface area contributed by atoms with E-state index in [0.29, 0.717) is 19.0 Å². The molecule has 2 rings (SSSR count). The number of nitrogens with zero attached hydrogens (tertiary/aromatic N) is 1. The van der Waals surface area contributed by atoms with Gasteiger partial charge in [-0.1, -0.05) is 17.7 Å². The number of benzene rings is 1. The molecule has 8 heteroatoms. The van der Waals surface area contributed by atoms with E-state index in [0.717, 1.165) is 31.6 Å². The summed E-state index contributed by atoms with van der Waals surface area (Å²) in [5, 5.41) is 6.32. The molecule has 0 bridgehead atoms. The Bertz CT molecular complexity index is 696. The van der Waals surface area contributed by atoms with Gasteiger partial charge in [0.05, 0.1) is 17.0 Å². The van der Waals surface area contributed by atoms with Crippen molar-refractivity contribution in [1.82, 2.24) is 15.4 Å². The molecule has 1 heterocycles. The Kier molecular flexibility index (Phi) is 7.43. The summed E-state index contributed by atoms with van der Waals surface area (Å²) in [5.74, 6) is 0.666. The largest absolute Gasteiger partial charge is 0.373 e. The summed E-state index contributed by atoms with van der Waals surface area (Å²) >= 11 is 0. The summed E-state index contributed by atoms with van der Waals surface area (Å²) in [7, 11) is -3.49. The molecule has 26 heavy (non-hydrogen) atoms. The van der Waals surface area contributed by atoms with Crippen molar-refractivity contribution in [3.05, 3.63) is 29.8 Å². The first-order valence-electron chi connectivity index (χ1n) is 9.07. The first-order valence-corrected chi connectivity index (χ1v) is 10.6. The molecule has 1 aromatic carbocycles. The highest BCUT2D eigenvalue weighted by molar-refractivity contribution is 7.89. The van der Waals surface area contributed by atoms with Crippen LogP contribution in [0.15, 0.2) is 34.2 Å². The number of sulfonamides is 1. The summed E-state index contributed by atoms with van der Waals surface area (Å²) in [6.07, 6.45) is 2.07. The zero-order chi connectivity index (χ0) is 19.0. The van der Waals surface area contributed by atoms with Crippen LogP contribution in [0.25, 0.3) is 0 Å². The van der Waals surface area contributed by atoms with Crippen LogP contribution in [0.1, 0.15) is 32.3 Å². The predicted molar refractivity (Wildman–Crippen MR) is 104 cm³/mol. The molecule has 1 aliphatic heterocycles. The molecule has 3 N–H and O–H groups in total. The van der Waals surface area contributed by atoms with E-state index in [4.69, 9.17) is 4.74 Å². The SMILES string of the molecule is CCNC(=NCC1(C)CCCO1)NCCNS(=O)(=O)c1ccc(C)cc1. The first kappa shape index (κ1) is 20.7. The molecule has 1 fully saturated rings. The Morgan fingerprint density at radius 1 is 1.23 bits per heavy atom. The van der Waals surface area contributed by atoms with E-state index in [-0.39, 0.29) is 17.0 Å². The minimum absolute atomic E-state index is 0.199. The van der Waals surface area contributed by atoms with E-state index < -0.39 is 10.0 Å². The molecule has 1 aromatic rings. The van der Waals surface area contributed by atoms with E-state index in [9.17, 15) is 8.42 Å². The predicted octanol–water partition coefficient (Wildman–Crippen LogP) is 1.40. The molecule has 0 spiro atoms. The molecule has 1 aliphatic rings.